The lowest BCUT2D eigenvalue weighted by Gasteiger charge is -2.10. The van der Waals surface area contributed by atoms with Crippen molar-refractivity contribution in [1.82, 2.24) is 19.4 Å². The maximum absolute atomic E-state index is 13.0. The number of nitrogens with one attached hydrogen (secondary N) is 1. The molecule has 3 aromatic rings. The molecule has 4 rings (SSSR count). The topological polar surface area (TPSA) is 78.2 Å². The molecule has 1 N–H and O–H groups in total. The first-order chi connectivity index (χ1) is 13.6. The van der Waals surface area contributed by atoms with Crippen LogP contribution in [0.2, 0.25) is 0 Å². The van der Waals surface area contributed by atoms with Crippen molar-refractivity contribution >= 4 is 17.1 Å². The number of hydrogen-bond acceptors (Lipinski definition) is 4. The van der Waals surface area contributed by atoms with E-state index in [2.05, 4.69) is 10.3 Å². The largest absolute Gasteiger partial charge is 0.368 e. The van der Waals surface area contributed by atoms with Crippen LogP contribution in [0.3, 0.4) is 0 Å². The maximum atomic E-state index is 13.0. The Labute approximate surface area is 163 Å². The Morgan fingerprint density at radius 1 is 1.25 bits per heavy atom. The van der Waals surface area contributed by atoms with Gasteiger partial charge in [0.2, 0.25) is 5.91 Å². The fourth-order valence-corrected chi connectivity index (χ4v) is 3.57. The highest BCUT2D eigenvalue weighted by atomic mass is 16.5. The highest BCUT2D eigenvalue weighted by Gasteiger charge is 2.23. The van der Waals surface area contributed by atoms with Crippen LogP contribution >= 0.6 is 0 Å². The number of aromatic nitrogens is 3. The van der Waals surface area contributed by atoms with E-state index in [-0.39, 0.29) is 17.7 Å². The van der Waals surface area contributed by atoms with Crippen molar-refractivity contribution < 1.29 is 9.53 Å². The molecule has 0 spiro atoms. The predicted molar refractivity (Wildman–Crippen MR) is 106 cm³/mol. The number of benzene rings is 1. The molecule has 3 heterocycles. The lowest BCUT2D eigenvalue weighted by Crippen LogP contribution is -2.37. The third kappa shape index (κ3) is 3.71. The van der Waals surface area contributed by atoms with Crippen LogP contribution in [0.25, 0.3) is 11.2 Å². The first-order valence-electron chi connectivity index (χ1n) is 9.62. The number of carbonyl (C=O) groups is 1. The van der Waals surface area contributed by atoms with Crippen LogP contribution in [0.1, 0.15) is 24.0 Å². The average molecular weight is 380 g/mol. The SMILES string of the molecule is Cc1ccc(Cn2c(=O)n(CCNC(=O)C3CCCO3)c3ncccc32)cc1. The van der Waals surface area contributed by atoms with Crippen LogP contribution in [0.5, 0.6) is 0 Å². The molecule has 1 aliphatic heterocycles. The quantitative estimate of drug-likeness (QED) is 0.708. The van der Waals surface area contributed by atoms with Crippen molar-refractivity contribution in [2.24, 2.45) is 0 Å². The summed E-state index contributed by atoms with van der Waals surface area (Å²) in [6.45, 7) is 3.88. The van der Waals surface area contributed by atoms with Crippen LogP contribution < -0.4 is 11.0 Å². The number of rotatable bonds is 6. The summed E-state index contributed by atoms with van der Waals surface area (Å²) in [7, 11) is 0. The van der Waals surface area contributed by atoms with Gasteiger partial charge >= 0.3 is 5.69 Å². The van der Waals surface area contributed by atoms with E-state index in [9.17, 15) is 9.59 Å². The Morgan fingerprint density at radius 3 is 2.82 bits per heavy atom. The zero-order valence-corrected chi connectivity index (χ0v) is 15.9. The molecule has 7 heteroatoms. The number of pyridine rings is 1. The van der Waals surface area contributed by atoms with E-state index >= 15 is 0 Å². The lowest BCUT2D eigenvalue weighted by molar-refractivity contribution is -0.130. The van der Waals surface area contributed by atoms with E-state index in [0.717, 1.165) is 23.9 Å². The summed E-state index contributed by atoms with van der Waals surface area (Å²) in [6, 6.07) is 11.9. The van der Waals surface area contributed by atoms with E-state index in [4.69, 9.17) is 4.74 Å². The molecule has 1 fully saturated rings. The lowest BCUT2D eigenvalue weighted by atomic mass is 10.1. The summed E-state index contributed by atoms with van der Waals surface area (Å²) >= 11 is 0. The van der Waals surface area contributed by atoms with E-state index in [1.54, 1.807) is 15.3 Å². The standard InChI is InChI=1S/C21H24N4O3/c1-15-6-8-16(9-7-15)14-25-17-4-2-10-22-19(17)24(21(25)27)12-11-23-20(26)18-5-3-13-28-18/h2,4,6-10,18H,3,5,11-14H2,1H3,(H,23,26). The number of amides is 1. The van der Waals surface area contributed by atoms with E-state index in [1.807, 2.05) is 43.3 Å². The van der Waals surface area contributed by atoms with Gasteiger partial charge in [0.25, 0.3) is 0 Å². The number of fused-ring (bicyclic) bond motifs is 1. The minimum atomic E-state index is -0.363. The second-order valence-corrected chi connectivity index (χ2v) is 7.14. The van der Waals surface area contributed by atoms with Gasteiger partial charge in [-0.1, -0.05) is 29.8 Å². The molecule has 0 aliphatic carbocycles. The molecule has 2 aromatic heterocycles. The Hall–Kier alpha value is -2.93. The second kappa shape index (κ2) is 7.98. The van der Waals surface area contributed by atoms with Crippen molar-refractivity contribution in [3.05, 3.63) is 64.2 Å². The van der Waals surface area contributed by atoms with Gasteiger partial charge in [-0.15, -0.1) is 0 Å². The minimum Gasteiger partial charge on any atom is -0.368 e. The average Bonchev–Trinajstić information content (AvgIpc) is 3.33. The molecule has 1 unspecified atom stereocenters. The molecule has 0 saturated carbocycles. The minimum absolute atomic E-state index is 0.109. The molecule has 0 radical (unpaired) electrons. The predicted octanol–water partition coefficient (Wildman–Crippen LogP) is 1.85. The highest BCUT2D eigenvalue weighted by molar-refractivity contribution is 5.81. The van der Waals surface area contributed by atoms with Gasteiger partial charge in [-0.05, 0) is 37.5 Å². The summed E-state index contributed by atoms with van der Waals surface area (Å²) < 4.78 is 8.75. The third-order valence-corrected chi connectivity index (χ3v) is 5.09. The second-order valence-electron chi connectivity index (χ2n) is 7.14. The van der Waals surface area contributed by atoms with Gasteiger partial charge < -0.3 is 10.1 Å². The molecule has 1 aromatic carbocycles. The van der Waals surface area contributed by atoms with Crippen molar-refractivity contribution in [1.29, 1.82) is 0 Å². The molecule has 1 atom stereocenters. The molecule has 1 amide bonds. The van der Waals surface area contributed by atoms with Gasteiger partial charge in [0.1, 0.15) is 6.10 Å². The number of nitrogens with zero attached hydrogens (tertiary/aromatic N) is 3. The van der Waals surface area contributed by atoms with Crippen LogP contribution in [0, 0.1) is 6.92 Å². The smallest absolute Gasteiger partial charge is 0.330 e. The van der Waals surface area contributed by atoms with Gasteiger partial charge in [-0.2, -0.15) is 0 Å². The van der Waals surface area contributed by atoms with Crippen LogP contribution in [0.15, 0.2) is 47.4 Å². The Bertz CT molecular complexity index is 1030. The molecule has 28 heavy (non-hydrogen) atoms. The Kier molecular flexibility index (Phi) is 5.25. The van der Waals surface area contributed by atoms with Gasteiger partial charge in [0.05, 0.1) is 12.1 Å². The zero-order valence-electron chi connectivity index (χ0n) is 15.9. The van der Waals surface area contributed by atoms with E-state index in [0.29, 0.717) is 31.9 Å². The maximum Gasteiger partial charge on any atom is 0.330 e. The number of aryl methyl sites for hydroxylation is 1. The van der Waals surface area contributed by atoms with Crippen molar-refractivity contribution in [2.75, 3.05) is 13.2 Å². The molecule has 0 bridgehead atoms. The van der Waals surface area contributed by atoms with Crippen molar-refractivity contribution in [3.63, 3.8) is 0 Å². The first kappa shape index (κ1) is 18.4. The fourth-order valence-electron chi connectivity index (χ4n) is 3.57. The fraction of sp³-hybridized carbons (Fsp3) is 0.381. The van der Waals surface area contributed by atoms with Crippen molar-refractivity contribution in [2.45, 2.75) is 39.0 Å². The summed E-state index contributed by atoms with van der Waals surface area (Å²) in [4.78, 5) is 29.6. The molecular weight excluding hydrogens is 356 g/mol. The van der Waals surface area contributed by atoms with Crippen molar-refractivity contribution in [3.8, 4) is 0 Å². The summed E-state index contributed by atoms with van der Waals surface area (Å²) in [5, 5.41) is 2.87. The Balaban J connectivity index is 1.54. The molecule has 1 saturated heterocycles. The Morgan fingerprint density at radius 2 is 2.07 bits per heavy atom. The molecule has 146 valence electrons. The summed E-state index contributed by atoms with van der Waals surface area (Å²) in [5.74, 6) is -0.109. The highest BCUT2D eigenvalue weighted by Crippen LogP contribution is 2.14. The number of carbonyl (C=O) groups excluding carboxylic acids is 1. The molecule has 7 nitrogen and oxygen atoms in total. The van der Waals surface area contributed by atoms with Crippen LogP contribution in [-0.2, 0) is 22.6 Å². The normalized spacial score (nSPS) is 16.5. The number of hydrogen-bond donors (Lipinski definition) is 1. The summed E-state index contributed by atoms with van der Waals surface area (Å²) in [5.41, 5.74) is 3.54. The number of imidazole rings is 1. The van der Waals surface area contributed by atoms with Crippen LogP contribution in [-0.4, -0.2) is 39.3 Å². The van der Waals surface area contributed by atoms with Crippen LogP contribution in [0.4, 0.5) is 0 Å². The van der Waals surface area contributed by atoms with E-state index in [1.165, 1.54) is 5.56 Å². The monoisotopic (exact) mass is 380 g/mol. The van der Waals surface area contributed by atoms with Gasteiger partial charge in [0.15, 0.2) is 5.65 Å². The zero-order chi connectivity index (χ0) is 19.5. The third-order valence-electron chi connectivity index (χ3n) is 5.09. The van der Waals surface area contributed by atoms with Gasteiger partial charge in [0, 0.05) is 25.9 Å². The molecule has 1 aliphatic rings. The first-order valence-corrected chi connectivity index (χ1v) is 9.62. The number of ether oxygens (including phenoxy) is 1. The molecular formula is C21H24N4O3. The van der Waals surface area contributed by atoms with Gasteiger partial charge in [-0.25, -0.2) is 9.78 Å². The van der Waals surface area contributed by atoms with E-state index < -0.39 is 0 Å². The summed E-state index contributed by atoms with van der Waals surface area (Å²) in [6.07, 6.45) is 2.98. The van der Waals surface area contributed by atoms with Gasteiger partial charge in [-0.3, -0.25) is 13.9 Å².